The summed E-state index contributed by atoms with van der Waals surface area (Å²) in [4.78, 5) is 11.0. The van der Waals surface area contributed by atoms with Gasteiger partial charge < -0.3 is 9.88 Å². The Morgan fingerprint density at radius 1 is 1.26 bits per heavy atom. The highest BCUT2D eigenvalue weighted by Crippen LogP contribution is 2.27. The van der Waals surface area contributed by atoms with E-state index in [4.69, 9.17) is 0 Å². The van der Waals surface area contributed by atoms with Crippen molar-refractivity contribution in [3.05, 3.63) is 36.7 Å². The van der Waals surface area contributed by atoms with E-state index in [9.17, 15) is 13.2 Å². The maximum absolute atomic E-state index is 12.4. The third-order valence-corrected chi connectivity index (χ3v) is 2.38. The van der Waals surface area contributed by atoms with Crippen molar-refractivity contribution < 1.29 is 13.2 Å². The predicted octanol–water partition coefficient (Wildman–Crippen LogP) is 2.19. The third kappa shape index (κ3) is 3.94. The zero-order valence-electron chi connectivity index (χ0n) is 9.93. The standard InChI is InChI=1S/C11H12F3N5/c12-11(13,14)9-2-4-17-10(18-9)16-3-1-6-19-7-5-15-8-19/h2,4-5,7-8H,1,3,6H2,(H,16,17,18). The van der Waals surface area contributed by atoms with Gasteiger partial charge in [0.1, 0.15) is 5.69 Å². The number of halogens is 3. The number of anilines is 1. The van der Waals surface area contributed by atoms with Crippen molar-refractivity contribution in [2.45, 2.75) is 19.1 Å². The Balaban J connectivity index is 1.83. The largest absolute Gasteiger partial charge is 0.433 e. The average molecular weight is 271 g/mol. The number of aromatic nitrogens is 4. The highest BCUT2D eigenvalue weighted by molar-refractivity contribution is 5.25. The van der Waals surface area contributed by atoms with Crippen LogP contribution in [0.4, 0.5) is 19.1 Å². The molecule has 1 N–H and O–H groups in total. The van der Waals surface area contributed by atoms with Crippen LogP contribution in [0.5, 0.6) is 0 Å². The number of hydrogen-bond donors (Lipinski definition) is 1. The average Bonchev–Trinajstić information content (AvgIpc) is 2.87. The first-order chi connectivity index (χ1) is 9.05. The normalized spacial score (nSPS) is 11.5. The van der Waals surface area contributed by atoms with Gasteiger partial charge in [0, 0.05) is 31.7 Å². The summed E-state index contributed by atoms with van der Waals surface area (Å²) in [7, 11) is 0. The molecule has 19 heavy (non-hydrogen) atoms. The molecular formula is C11H12F3N5. The molecule has 0 aromatic carbocycles. The molecule has 2 aromatic rings. The van der Waals surface area contributed by atoms with Crippen LogP contribution in [0.2, 0.25) is 0 Å². The molecule has 0 saturated carbocycles. The molecule has 0 aliphatic rings. The van der Waals surface area contributed by atoms with Crippen LogP contribution < -0.4 is 5.32 Å². The third-order valence-electron chi connectivity index (χ3n) is 2.38. The minimum Gasteiger partial charge on any atom is -0.354 e. The second-order valence-electron chi connectivity index (χ2n) is 3.84. The van der Waals surface area contributed by atoms with Crippen molar-refractivity contribution >= 4 is 5.95 Å². The van der Waals surface area contributed by atoms with E-state index in [-0.39, 0.29) is 5.95 Å². The fourth-order valence-electron chi connectivity index (χ4n) is 1.48. The number of aryl methyl sites for hydroxylation is 1. The smallest absolute Gasteiger partial charge is 0.354 e. The highest BCUT2D eigenvalue weighted by atomic mass is 19.4. The van der Waals surface area contributed by atoms with Gasteiger partial charge in [-0.25, -0.2) is 15.0 Å². The second kappa shape index (κ2) is 5.68. The Bertz CT molecular complexity index is 509. The van der Waals surface area contributed by atoms with Gasteiger partial charge in [0.2, 0.25) is 5.95 Å². The number of alkyl halides is 3. The Hall–Kier alpha value is -2.12. The monoisotopic (exact) mass is 271 g/mol. The molecule has 102 valence electrons. The molecule has 0 atom stereocenters. The van der Waals surface area contributed by atoms with Crippen molar-refractivity contribution in [3.63, 3.8) is 0 Å². The molecule has 0 saturated heterocycles. The fourth-order valence-corrected chi connectivity index (χ4v) is 1.48. The molecule has 0 unspecified atom stereocenters. The molecule has 5 nitrogen and oxygen atoms in total. The molecule has 0 spiro atoms. The summed E-state index contributed by atoms with van der Waals surface area (Å²) in [6, 6.07) is 0.844. The van der Waals surface area contributed by atoms with Gasteiger partial charge in [0.05, 0.1) is 6.33 Å². The Kier molecular flexibility index (Phi) is 3.98. The Morgan fingerprint density at radius 2 is 2.11 bits per heavy atom. The zero-order chi connectivity index (χ0) is 13.7. The molecule has 0 aliphatic carbocycles. The van der Waals surface area contributed by atoms with Crippen molar-refractivity contribution in [2.24, 2.45) is 0 Å². The molecule has 2 heterocycles. The SMILES string of the molecule is FC(F)(F)c1ccnc(NCCCn2ccnc2)n1. The van der Waals surface area contributed by atoms with Crippen LogP contribution >= 0.6 is 0 Å². The quantitative estimate of drug-likeness (QED) is 0.847. The molecule has 0 bridgehead atoms. The Morgan fingerprint density at radius 3 is 2.79 bits per heavy atom. The van der Waals surface area contributed by atoms with E-state index < -0.39 is 11.9 Å². The first-order valence-corrected chi connectivity index (χ1v) is 5.65. The van der Waals surface area contributed by atoms with Crippen LogP contribution in [0.3, 0.4) is 0 Å². The van der Waals surface area contributed by atoms with Crippen LogP contribution in [0.25, 0.3) is 0 Å². The van der Waals surface area contributed by atoms with Crippen LogP contribution in [-0.2, 0) is 12.7 Å². The lowest BCUT2D eigenvalue weighted by Gasteiger charge is -2.08. The molecule has 0 radical (unpaired) electrons. The van der Waals surface area contributed by atoms with E-state index in [0.29, 0.717) is 6.54 Å². The summed E-state index contributed by atoms with van der Waals surface area (Å²) in [6.45, 7) is 1.21. The maximum atomic E-state index is 12.4. The van der Waals surface area contributed by atoms with Gasteiger partial charge in [-0.15, -0.1) is 0 Å². The minimum absolute atomic E-state index is 0.0135. The summed E-state index contributed by atoms with van der Waals surface area (Å²) in [5.74, 6) is -0.0135. The first kappa shape index (κ1) is 13.3. The Labute approximate surface area is 107 Å². The van der Waals surface area contributed by atoms with Gasteiger partial charge in [-0.1, -0.05) is 0 Å². The van der Waals surface area contributed by atoms with E-state index in [1.165, 1.54) is 0 Å². The first-order valence-electron chi connectivity index (χ1n) is 5.65. The van der Waals surface area contributed by atoms with Crippen molar-refractivity contribution in [1.82, 2.24) is 19.5 Å². The summed E-state index contributed by atoms with van der Waals surface area (Å²) in [6.07, 6.45) is 2.55. The zero-order valence-corrected chi connectivity index (χ0v) is 9.93. The molecule has 8 heteroatoms. The van der Waals surface area contributed by atoms with Gasteiger partial charge in [-0.2, -0.15) is 13.2 Å². The van der Waals surface area contributed by atoms with Crippen molar-refractivity contribution in [1.29, 1.82) is 0 Å². The fraction of sp³-hybridized carbons (Fsp3) is 0.364. The number of hydrogen-bond acceptors (Lipinski definition) is 4. The molecule has 0 aliphatic heterocycles. The molecular weight excluding hydrogens is 259 g/mol. The topological polar surface area (TPSA) is 55.6 Å². The lowest BCUT2D eigenvalue weighted by molar-refractivity contribution is -0.141. The molecule has 0 fully saturated rings. The van der Waals surface area contributed by atoms with E-state index in [0.717, 1.165) is 25.2 Å². The number of rotatable bonds is 5. The van der Waals surface area contributed by atoms with E-state index >= 15 is 0 Å². The summed E-state index contributed by atoms with van der Waals surface area (Å²) in [5, 5.41) is 2.76. The molecule has 0 amide bonds. The summed E-state index contributed by atoms with van der Waals surface area (Å²) >= 11 is 0. The van der Waals surface area contributed by atoms with Crippen molar-refractivity contribution in [3.8, 4) is 0 Å². The maximum Gasteiger partial charge on any atom is 0.433 e. The predicted molar refractivity (Wildman–Crippen MR) is 62.4 cm³/mol. The van der Waals surface area contributed by atoms with E-state index in [1.807, 2.05) is 10.8 Å². The number of nitrogens with zero attached hydrogens (tertiary/aromatic N) is 4. The number of imidazole rings is 1. The van der Waals surface area contributed by atoms with Gasteiger partial charge in [-0.3, -0.25) is 0 Å². The van der Waals surface area contributed by atoms with Crippen LogP contribution in [0.15, 0.2) is 31.0 Å². The summed E-state index contributed by atoms with van der Waals surface area (Å²) < 4.78 is 39.1. The van der Waals surface area contributed by atoms with Gasteiger partial charge in [0.15, 0.2) is 0 Å². The van der Waals surface area contributed by atoms with Crippen LogP contribution in [0, 0.1) is 0 Å². The van der Waals surface area contributed by atoms with Crippen molar-refractivity contribution in [2.75, 3.05) is 11.9 Å². The van der Waals surface area contributed by atoms with E-state index in [2.05, 4.69) is 20.3 Å². The van der Waals surface area contributed by atoms with E-state index in [1.54, 1.807) is 12.5 Å². The summed E-state index contributed by atoms with van der Waals surface area (Å²) in [5.41, 5.74) is -0.945. The van der Waals surface area contributed by atoms with Gasteiger partial charge in [0.25, 0.3) is 0 Å². The lowest BCUT2D eigenvalue weighted by atomic mass is 10.4. The number of nitrogens with one attached hydrogen (secondary N) is 1. The minimum atomic E-state index is -4.45. The van der Waals surface area contributed by atoms with Gasteiger partial charge >= 0.3 is 6.18 Å². The lowest BCUT2D eigenvalue weighted by Crippen LogP contribution is -2.13. The highest BCUT2D eigenvalue weighted by Gasteiger charge is 2.32. The van der Waals surface area contributed by atoms with Crippen LogP contribution in [0.1, 0.15) is 12.1 Å². The molecule has 2 aromatic heterocycles. The van der Waals surface area contributed by atoms with Crippen LogP contribution in [-0.4, -0.2) is 26.1 Å². The molecule has 2 rings (SSSR count). The second-order valence-corrected chi connectivity index (χ2v) is 3.84. The van der Waals surface area contributed by atoms with Gasteiger partial charge in [-0.05, 0) is 12.5 Å².